The molecule has 4 heteroatoms. The summed E-state index contributed by atoms with van der Waals surface area (Å²) in [6.07, 6.45) is 10.2. The van der Waals surface area contributed by atoms with Gasteiger partial charge < -0.3 is 10.3 Å². The molecule has 1 unspecified atom stereocenters. The molecule has 4 nitrogen and oxygen atoms in total. The average Bonchev–Trinajstić information content (AvgIpc) is 2.99. The normalized spacial score (nSPS) is 27.7. The number of hydrogen-bond acceptors (Lipinski definition) is 4. The highest BCUT2D eigenvalue weighted by molar-refractivity contribution is 5.07. The molecule has 1 fully saturated rings. The van der Waals surface area contributed by atoms with Gasteiger partial charge in [-0.15, -0.1) is 0 Å². The van der Waals surface area contributed by atoms with Crippen LogP contribution in [0.15, 0.2) is 4.52 Å². The Hall–Kier alpha value is -0.900. The van der Waals surface area contributed by atoms with Crippen LogP contribution in [0.1, 0.15) is 96.2 Å². The van der Waals surface area contributed by atoms with Crippen molar-refractivity contribution < 1.29 is 4.52 Å². The Labute approximate surface area is 128 Å². The van der Waals surface area contributed by atoms with Crippen LogP contribution in [0.4, 0.5) is 0 Å². The molecule has 0 aromatic carbocycles. The number of nitrogens with zero attached hydrogens (tertiary/aromatic N) is 2. The fourth-order valence-corrected chi connectivity index (χ4v) is 3.38. The SMILES string of the molecule is CCCCC(CC)c1nc(C2(N)CCC(CC)CC2)no1. The van der Waals surface area contributed by atoms with E-state index in [1.165, 1.54) is 32.1 Å². The Morgan fingerprint density at radius 2 is 2.00 bits per heavy atom. The number of rotatable bonds is 7. The molecule has 0 aliphatic heterocycles. The summed E-state index contributed by atoms with van der Waals surface area (Å²) in [5.41, 5.74) is 6.20. The molecule has 120 valence electrons. The van der Waals surface area contributed by atoms with Crippen LogP contribution >= 0.6 is 0 Å². The molecule has 2 N–H and O–H groups in total. The Bertz CT molecular complexity index is 421. The Kier molecular flexibility index (Phi) is 5.80. The van der Waals surface area contributed by atoms with Gasteiger partial charge in [-0.3, -0.25) is 0 Å². The highest BCUT2D eigenvalue weighted by Gasteiger charge is 2.37. The Morgan fingerprint density at radius 1 is 1.29 bits per heavy atom. The largest absolute Gasteiger partial charge is 0.339 e. The first-order chi connectivity index (χ1) is 10.1. The van der Waals surface area contributed by atoms with Crippen LogP contribution in [0.5, 0.6) is 0 Å². The highest BCUT2D eigenvalue weighted by Crippen LogP contribution is 2.38. The molecule has 1 heterocycles. The Morgan fingerprint density at radius 3 is 2.57 bits per heavy atom. The van der Waals surface area contributed by atoms with Crippen LogP contribution in [0.3, 0.4) is 0 Å². The van der Waals surface area contributed by atoms with Crippen molar-refractivity contribution in [3.05, 3.63) is 11.7 Å². The van der Waals surface area contributed by atoms with Crippen LogP contribution in [0, 0.1) is 5.92 Å². The van der Waals surface area contributed by atoms with Gasteiger partial charge in [-0.2, -0.15) is 4.98 Å². The van der Waals surface area contributed by atoms with Gasteiger partial charge in [-0.1, -0.05) is 45.2 Å². The monoisotopic (exact) mass is 293 g/mol. The van der Waals surface area contributed by atoms with Crippen molar-refractivity contribution in [3.63, 3.8) is 0 Å². The van der Waals surface area contributed by atoms with E-state index in [1.54, 1.807) is 0 Å². The smallest absolute Gasteiger partial charge is 0.229 e. The summed E-state index contributed by atoms with van der Waals surface area (Å²) < 4.78 is 5.55. The second-order valence-electron chi connectivity index (χ2n) is 6.71. The van der Waals surface area contributed by atoms with Gasteiger partial charge in [-0.05, 0) is 44.4 Å². The third-order valence-corrected chi connectivity index (χ3v) is 5.21. The van der Waals surface area contributed by atoms with Crippen LogP contribution in [0.2, 0.25) is 0 Å². The van der Waals surface area contributed by atoms with Crippen LogP contribution in [0.25, 0.3) is 0 Å². The van der Waals surface area contributed by atoms with Crippen molar-refractivity contribution >= 4 is 0 Å². The Balaban J connectivity index is 2.04. The lowest BCUT2D eigenvalue weighted by atomic mass is 9.76. The first kappa shape index (κ1) is 16.5. The lowest BCUT2D eigenvalue weighted by Gasteiger charge is -2.34. The summed E-state index contributed by atoms with van der Waals surface area (Å²) in [5, 5.41) is 4.23. The minimum Gasteiger partial charge on any atom is -0.339 e. The van der Waals surface area contributed by atoms with E-state index < -0.39 is 0 Å². The summed E-state index contributed by atoms with van der Waals surface area (Å²) in [6, 6.07) is 0. The molecular weight excluding hydrogens is 262 g/mol. The lowest BCUT2D eigenvalue weighted by molar-refractivity contribution is 0.216. The van der Waals surface area contributed by atoms with Gasteiger partial charge in [0.25, 0.3) is 0 Å². The molecule has 0 spiro atoms. The lowest BCUT2D eigenvalue weighted by Crippen LogP contribution is -2.41. The molecule has 1 aliphatic carbocycles. The van der Waals surface area contributed by atoms with Crippen molar-refractivity contribution in [1.29, 1.82) is 0 Å². The quantitative estimate of drug-likeness (QED) is 0.803. The maximum absolute atomic E-state index is 6.57. The topological polar surface area (TPSA) is 64.9 Å². The molecule has 1 atom stereocenters. The first-order valence-electron chi connectivity index (χ1n) is 8.75. The van der Waals surface area contributed by atoms with Crippen molar-refractivity contribution in [2.24, 2.45) is 11.7 Å². The van der Waals surface area contributed by atoms with Crippen molar-refractivity contribution in [3.8, 4) is 0 Å². The van der Waals surface area contributed by atoms with E-state index in [0.717, 1.165) is 43.3 Å². The average molecular weight is 293 g/mol. The minimum atomic E-state index is -0.365. The molecule has 1 saturated carbocycles. The van der Waals surface area contributed by atoms with E-state index in [0.29, 0.717) is 5.92 Å². The molecule has 0 radical (unpaired) electrons. The maximum atomic E-state index is 6.57. The molecule has 0 saturated heterocycles. The molecule has 0 amide bonds. The molecule has 21 heavy (non-hydrogen) atoms. The van der Waals surface area contributed by atoms with Crippen LogP contribution in [-0.2, 0) is 5.54 Å². The fourth-order valence-electron chi connectivity index (χ4n) is 3.38. The van der Waals surface area contributed by atoms with E-state index in [-0.39, 0.29) is 5.54 Å². The molecule has 1 aliphatic rings. The summed E-state index contributed by atoms with van der Waals surface area (Å²) in [7, 11) is 0. The number of nitrogens with two attached hydrogens (primary N) is 1. The molecule has 2 rings (SSSR count). The van der Waals surface area contributed by atoms with Gasteiger partial charge in [-0.25, -0.2) is 0 Å². The van der Waals surface area contributed by atoms with Crippen LogP contribution in [-0.4, -0.2) is 10.1 Å². The third kappa shape index (κ3) is 3.85. The van der Waals surface area contributed by atoms with Crippen molar-refractivity contribution in [2.45, 2.75) is 90.0 Å². The van der Waals surface area contributed by atoms with E-state index in [2.05, 4.69) is 30.9 Å². The summed E-state index contributed by atoms with van der Waals surface area (Å²) in [5.74, 6) is 2.74. The van der Waals surface area contributed by atoms with Gasteiger partial charge in [0.2, 0.25) is 5.89 Å². The van der Waals surface area contributed by atoms with Crippen molar-refractivity contribution in [1.82, 2.24) is 10.1 Å². The standard InChI is InChI=1S/C17H31N3O/c1-4-7-8-14(6-3)15-19-16(20-21-15)17(18)11-9-13(5-2)10-12-17/h13-14H,4-12,18H2,1-3H3. The van der Waals surface area contributed by atoms with Crippen LogP contribution < -0.4 is 5.73 Å². The zero-order chi connectivity index (χ0) is 15.3. The van der Waals surface area contributed by atoms with Gasteiger partial charge in [0, 0.05) is 5.92 Å². The second-order valence-corrected chi connectivity index (χ2v) is 6.71. The minimum absolute atomic E-state index is 0.365. The molecular formula is C17H31N3O. The van der Waals surface area contributed by atoms with Crippen molar-refractivity contribution in [2.75, 3.05) is 0 Å². The van der Waals surface area contributed by atoms with Gasteiger partial charge in [0.05, 0.1) is 5.54 Å². The van der Waals surface area contributed by atoms with Gasteiger partial charge in [0.1, 0.15) is 0 Å². The number of aromatic nitrogens is 2. The van der Waals surface area contributed by atoms with E-state index in [4.69, 9.17) is 10.3 Å². The summed E-state index contributed by atoms with van der Waals surface area (Å²) >= 11 is 0. The second kappa shape index (κ2) is 7.39. The van der Waals surface area contributed by atoms with E-state index >= 15 is 0 Å². The summed E-state index contributed by atoms with van der Waals surface area (Å²) in [6.45, 7) is 6.67. The molecule has 1 aromatic heterocycles. The zero-order valence-electron chi connectivity index (χ0n) is 13.9. The maximum Gasteiger partial charge on any atom is 0.229 e. The highest BCUT2D eigenvalue weighted by atomic mass is 16.5. The fraction of sp³-hybridized carbons (Fsp3) is 0.882. The van der Waals surface area contributed by atoms with Gasteiger partial charge in [0.15, 0.2) is 5.82 Å². The molecule has 0 bridgehead atoms. The predicted molar refractivity (Wildman–Crippen MR) is 85.0 cm³/mol. The molecule has 1 aromatic rings. The van der Waals surface area contributed by atoms with E-state index in [9.17, 15) is 0 Å². The van der Waals surface area contributed by atoms with Gasteiger partial charge >= 0.3 is 0 Å². The first-order valence-corrected chi connectivity index (χ1v) is 8.75. The predicted octanol–water partition coefficient (Wildman–Crippen LogP) is 4.51. The third-order valence-electron chi connectivity index (χ3n) is 5.21. The van der Waals surface area contributed by atoms with E-state index in [1.807, 2.05) is 0 Å². The number of hydrogen-bond donors (Lipinski definition) is 1. The summed E-state index contributed by atoms with van der Waals surface area (Å²) in [4.78, 5) is 4.68. The number of unbranched alkanes of at least 4 members (excludes halogenated alkanes) is 1. The zero-order valence-corrected chi connectivity index (χ0v) is 13.9.